The van der Waals surface area contributed by atoms with Crippen LogP contribution in [0, 0.1) is 17.8 Å². The maximum absolute atomic E-state index is 13.0. The van der Waals surface area contributed by atoms with Crippen LogP contribution < -0.4 is 4.74 Å². The Morgan fingerprint density at radius 1 is 1.15 bits per heavy atom. The summed E-state index contributed by atoms with van der Waals surface area (Å²) in [6.07, 6.45) is 4.01. The maximum atomic E-state index is 13.0. The molecule has 0 bridgehead atoms. The first-order chi connectivity index (χ1) is 18.7. The van der Waals surface area contributed by atoms with Crippen LogP contribution in [0.3, 0.4) is 0 Å². The molecule has 2 aromatic carbocycles. The van der Waals surface area contributed by atoms with Gasteiger partial charge in [-0.1, -0.05) is 54.8 Å². The number of halogens is 1. The van der Waals surface area contributed by atoms with E-state index in [1.54, 1.807) is 12.1 Å². The average Bonchev–Trinajstić information content (AvgIpc) is 3.15. The van der Waals surface area contributed by atoms with E-state index in [9.17, 15) is 24.9 Å². The first kappa shape index (κ1) is 28.9. The fourth-order valence-electron chi connectivity index (χ4n) is 5.86. The molecule has 4 atom stereocenters. The minimum Gasteiger partial charge on any atom is -0.508 e. The third-order valence-electron chi connectivity index (χ3n) is 7.77. The van der Waals surface area contributed by atoms with Gasteiger partial charge in [-0.2, -0.15) is 0 Å². The molecule has 8 heteroatoms. The zero-order chi connectivity index (χ0) is 28.1. The highest BCUT2D eigenvalue weighted by molar-refractivity contribution is 6.32. The predicted octanol–water partition coefficient (Wildman–Crippen LogP) is 4.99. The van der Waals surface area contributed by atoms with Crippen LogP contribution >= 0.6 is 11.6 Å². The van der Waals surface area contributed by atoms with Crippen LogP contribution in [0.5, 0.6) is 11.5 Å². The van der Waals surface area contributed by atoms with Crippen LogP contribution in [0.1, 0.15) is 44.6 Å². The van der Waals surface area contributed by atoms with Crippen LogP contribution in [0.25, 0.3) is 6.08 Å². The Balaban J connectivity index is 1.62. The van der Waals surface area contributed by atoms with Crippen molar-refractivity contribution in [3.63, 3.8) is 0 Å². The predicted molar refractivity (Wildman–Crippen MR) is 150 cm³/mol. The Kier molecular flexibility index (Phi) is 9.49. The normalized spacial score (nSPS) is 22.3. The number of imide groups is 1. The molecule has 208 valence electrons. The highest BCUT2D eigenvalue weighted by Gasteiger charge is 2.53. The van der Waals surface area contributed by atoms with E-state index in [1.807, 2.05) is 36.4 Å². The summed E-state index contributed by atoms with van der Waals surface area (Å²) in [6.45, 7) is 1.88. The number of phenolic OH excluding ortho intramolecular Hbond substituents is 1. The number of hydrogen-bond donors (Lipinski definition) is 3. The van der Waals surface area contributed by atoms with Crippen LogP contribution in [-0.2, 0) is 9.59 Å². The number of allylic oxidation sites excluding steroid dienone is 1. The number of carbonyl (C=O) groups excluding carboxylic acids is 2. The number of hydrogen-bond acceptors (Lipinski definition) is 6. The standard InChI is InChI=1S/C31H36ClNO6/c1-3-7-19(14-20-11-12-22(35)16-26(20)32)10-13-27(36)28-21(18-39-23-8-5-4-6-9-23)15-24-29(25(28)17-34)31(38)33(2)30(24)37/h4-6,8-9,11-12,14,16,24-25,27,29,34-36H,3,7,10,13,15,17-18H2,1-2H3/b19-14+/t24-,25+,27-,29-/m1/s1. The molecule has 2 amide bonds. The van der Waals surface area contributed by atoms with E-state index in [0.29, 0.717) is 35.6 Å². The SMILES string of the molecule is CCC/C(=C\c1ccc(O)cc1Cl)CC[C@@H](O)C1=C(COc2ccccc2)C[C@H]2C(=O)N(C)C(=O)[C@H]2[C@H]1CO. The van der Waals surface area contributed by atoms with Crippen molar-refractivity contribution in [1.29, 1.82) is 0 Å². The molecule has 0 spiro atoms. The van der Waals surface area contributed by atoms with Crippen LogP contribution in [0.15, 0.2) is 65.3 Å². The number of likely N-dealkylation sites (tertiary alicyclic amines) is 1. The number of phenols is 1. The molecular formula is C31H36ClNO6. The lowest BCUT2D eigenvalue weighted by molar-refractivity contribution is -0.138. The third kappa shape index (κ3) is 6.38. The summed E-state index contributed by atoms with van der Waals surface area (Å²) in [6, 6.07) is 14.1. The van der Waals surface area contributed by atoms with Gasteiger partial charge in [-0.05, 0) is 72.7 Å². The number of carbonyl (C=O) groups is 2. The fourth-order valence-corrected chi connectivity index (χ4v) is 6.09. The zero-order valence-electron chi connectivity index (χ0n) is 22.3. The van der Waals surface area contributed by atoms with Gasteiger partial charge in [0.05, 0.1) is 29.6 Å². The van der Waals surface area contributed by atoms with E-state index < -0.39 is 23.9 Å². The summed E-state index contributed by atoms with van der Waals surface area (Å²) in [5.74, 6) is -1.75. The molecule has 39 heavy (non-hydrogen) atoms. The molecule has 0 aromatic heterocycles. The van der Waals surface area contributed by atoms with Gasteiger partial charge in [-0.25, -0.2) is 0 Å². The number of benzene rings is 2. The molecule has 1 aliphatic heterocycles. The summed E-state index contributed by atoms with van der Waals surface area (Å²) in [5.41, 5.74) is 3.23. The van der Waals surface area contributed by atoms with Crippen molar-refractivity contribution in [3.05, 3.63) is 75.8 Å². The topological polar surface area (TPSA) is 107 Å². The summed E-state index contributed by atoms with van der Waals surface area (Å²) in [7, 11) is 1.48. The van der Waals surface area contributed by atoms with Crippen molar-refractivity contribution in [3.8, 4) is 11.5 Å². The van der Waals surface area contributed by atoms with Crippen molar-refractivity contribution >= 4 is 29.5 Å². The number of fused-ring (bicyclic) bond motifs is 1. The Labute approximate surface area is 234 Å². The van der Waals surface area contributed by atoms with Crippen LogP contribution in [0.2, 0.25) is 5.02 Å². The van der Waals surface area contributed by atoms with Gasteiger partial charge in [0.1, 0.15) is 18.1 Å². The molecule has 1 aliphatic carbocycles. The van der Waals surface area contributed by atoms with Gasteiger partial charge < -0.3 is 20.1 Å². The van der Waals surface area contributed by atoms with Crippen molar-refractivity contribution < 1.29 is 29.6 Å². The molecule has 0 saturated carbocycles. The molecule has 7 nitrogen and oxygen atoms in total. The number of nitrogens with zero attached hydrogens (tertiary/aromatic N) is 1. The van der Waals surface area contributed by atoms with Crippen molar-refractivity contribution in [1.82, 2.24) is 4.90 Å². The van der Waals surface area contributed by atoms with Crippen molar-refractivity contribution in [2.24, 2.45) is 17.8 Å². The molecule has 0 unspecified atom stereocenters. The lowest BCUT2D eigenvalue weighted by atomic mass is 9.68. The van der Waals surface area contributed by atoms with E-state index in [1.165, 1.54) is 13.1 Å². The molecule has 1 saturated heterocycles. The summed E-state index contributed by atoms with van der Waals surface area (Å²) in [5, 5.41) is 32.1. The van der Waals surface area contributed by atoms with Gasteiger partial charge in [-0.3, -0.25) is 14.5 Å². The van der Waals surface area contributed by atoms with Crippen LogP contribution in [0.4, 0.5) is 0 Å². The van der Waals surface area contributed by atoms with Crippen LogP contribution in [-0.4, -0.2) is 58.4 Å². The molecule has 1 heterocycles. The maximum Gasteiger partial charge on any atom is 0.233 e. The second kappa shape index (κ2) is 12.8. The third-order valence-corrected chi connectivity index (χ3v) is 8.10. The molecule has 1 fully saturated rings. The molecule has 2 aromatic rings. The highest BCUT2D eigenvalue weighted by Crippen LogP contribution is 2.46. The number of ether oxygens (including phenoxy) is 1. The van der Waals surface area contributed by atoms with Gasteiger partial charge in [-0.15, -0.1) is 0 Å². The summed E-state index contributed by atoms with van der Waals surface area (Å²) >= 11 is 6.32. The lowest BCUT2D eigenvalue weighted by Gasteiger charge is -2.36. The monoisotopic (exact) mass is 553 g/mol. The van der Waals surface area contributed by atoms with Gasteiger partial charge in [0.25, 0.3) is 0 Å². The first-order valence-electron chi connectivity index (χ1n) is 13.4. The number of aliphatic hydroxyl groups is 2. The Hall–Kier alpha value is -3.13. The zero-order valence-corrected chi connectivity index (χ0v) is 23.1. The van der Waals surface area contributed by atoms with Gasteiger partial charge in [0.15, 0.2) is 0 Å². The Morgan fingerprint density at radius 3 is 2.56 bits per heavy atom. The summed E-state index contributed by atoms with van der Waals surface area (Å²) in [4.78, 5) is 27.0. The smallest absolute Gasteiger partial charge is 0.233 e. The Bertz CT molecular complexity index is 1260. The minimum absolute atomic E-state index is 0.0954. The quantitative estimate of drug-likeness (QED) is 0.267. The molecule has 0 radical (unpaired) electrons. The highest BCUT2D eigenvalue weighted by atomic mass is 35.5. The number of amides is 2. The van der Waals surface area contributed by atoms with Crippen molar-refractivity contribution in [2.75, 3.05) is 20.3 Å². The van der Waals surface area contributed by atoms with E-state index in [4.69, 9.17) is 16.3 Å². The first-order valence-corrected chi connectivity index (χ1v) is 13.8. The van der Waals surface area contributed by atoms with E-state index >= 15 is 0 Å². The van der Waals surface area contributed by atoms with Gasteiger partial charge in [0.2, 0.25) is 11.8 Å². The van der Waals surface area contributed by atoms with Gasteiger partial charge in [0, 0.05) is 13.0 Å². The minimum atomic E-state index is -0.929. The van der Waals surface area contributed by atoms with Gasteiger partial charge >= 0.3 is 0 Å². The Morgan fingerprint density at radius 2 is 1.90 bits per heavy atom. The largest absolute Gasteiger partial charge is 0.508 e. The van der Waals surface area contributed by atoms with E-state index in [2.05, 4.69) is 6.92 Å². The number of rotatable bonds is 11. The lowest BCUT2D eigenvalue weighted by Crippen LogP contribution is -2.39. The molecule has 3 N–H and O–H groups in total. The van der Waals surface area contributed by atoms with E-state index in [0.717, 1.165) is 34.5 Å². The molecule has 2 aliphatic rings. The number of para-hydroxylation sites is 1. The molecular weight excluding hydrogens is 518 g/mol. The average molecular weight is 554 g/mol. The summed E-state index contributed by atoms with van der Waals surface area (Å²) < 4.78 is 6.02. The van der Waals surface area contributed by atoms with E-state index in [-0.39, 0.29) is 30.8 Å². The second-order valence-electron chi connectivity index (χ2n) is 10.3. The fraction of sp³-hybridized carbons (Fsp3) is 0.419. The number of aromatic hydroxyl groups is 1. The second-order valence-corrected chi connectivity index (χ2v) is 10.7. The molecule has 4 rings (SSSR count). The van der Waals surface area contributed by atoms with Crippen molar-refractivity contribution in [2.45, 2.75) is 45.1 Å². The number of aliphatic hydroxyl groups excluding tert-OH is 2.